The fourth-order valence-corrected chi connectivity index (χ4v) is 3.55. The maximum atomic E-state index is 12.5. The first kappa shape index (κ1) is 23.4. The third kappa shape index (κ3) is 6.38. The van der Waals surface area contributed by atoms with Gasteiger partial charge in [-0.25, -0.2) is 0 Å². The van der Waals surface area contributed by atoms with Gasteiger partial charge in [-0.1, -0.05) is 24.3 Å². The first-order chi connectivity index (χ1) is 15.4. The number of rotatable bonds is 7. The minimum atomic E-state index is -0.664. The molecule has 1 N–H and O–H groups in total. The number of amides is 1. The highest BCUT2D eigenvalue weighted by Crippen LogP contribution is 2.28. The van der Waals surface area contributed by atoms with Crippen molar-refractivity contribution in [3.05, 3.63) is 102 Å². The van der Waals surface area contributed by atoms with Gasteiger partial charge in [0, 0.05) is 21.4 Å². The van der Waals surface area contributed by atoms with E-state index in [4.69, 9.17) is 4.74 Å². The van der Waals surface area contributed by atoms with Crippen molar-refractivity contribution >= 4 is 61.9 Å². The van der Waals surface area contributed by atoms with Crippen LogP contribution >= 0.6 is 38.5 Å². The van der Waals surface area contributed by atoms with Crippen molar-refractivity contribution in [1.29, 1.82) is 5.26 Å². The number of carbonyl (C=O) groups is 1. The van der Waals surface area contributed by atoms with Crippen LogP contribution in [0.4, 0.5) is 11.4 Å². The van der Waals surface area contributed by atoms with Crippen LogP contribution in [0.2, 0.25) is 0 Å². The largest absolute Gasteiger partial charge is 0.488 e. The molecule has 3 aromatic rings. The van der Waals surface area contributed by atoms with E-state index < -0.39 is 10.8 Å². The number of halogens is 2. The quantitative estimate of drug-likeness (QED) is 0.116. The van der Waals surface area contributed by atoms with Gasteiger partial charge in [0.1, 0.15) is 24.0 Å². The molecule has 0 aliphatic rings. The Labute approximate surface area is 206 Å². The zero-order valence-electron chi connectivity index (χ0n) is 16.4. The minimum Gasteiger partial charge on any atom is -0.488 e. The topological polar surface area (TPSA) is 105 Å². The van der Waals surface area contributed by atoms with Gasteiger partial charge in [0.15, 0.2) is 0 Å². The highest BCUT2D eigenvalue weighted by molar-refractivity contribution is 14.1. The van der Waals surface area contributed by atoms with Gasteiger partial charge in [0.05, 0.1) is 9.40 Å². The molecule has 0 fully saturated rings. The number of hydrogen-bond donors (Lipinski definition) is 1. The Morgan fingerprint density at radius 3 is 2.59 bits per heavy atom. The summed E-state index contributed by atoms with van der Waals surface area (Å²) in [7, 11) is 0. The van der Waals surface area contributed by atoms with E-state index in [0.717, 1.165) is 9.13 Å². The van der Waals surface area contributed by atoms with Crippen molar-refractivity contribution in [2.75, 3.05) is 5.32 Å². The molecule has 0 bridgehead atoms. The summed E-state index contributed by atoms with van der Waals surface area (Å²) < 4.78 is 7.66. The lowest BCUT2D eigenvalue weighted by Gasteiger charge is -2.09. The molecule has 3 rings (SSSR count). The molecular weight excluding hydrogens is 589 g/mol. The molecule has 0 unspecified atom stereocenters. The number of nitrogens with zero attached hydrogens (tertiary/aromatic N) is 2. The molecule has 0 radical (unpaired) electrons. The predicted molar refractivity (Wildman–Crippen MR) is 133 cm³/mol. The highest BCUT2D eigenvalue weighted by atomic mass is 127. The number of ether oxygens (including phenoxy) is 1. The van der Waals surface area contributed by atoms with E-state index in [9.17, 15) is 20.2 Å². The van der Waals surface area contributed by atoms with Crippen molar-refractivity contribution in [3.63, 3.8) is 0 Å². The molecule has 7 nitrogen and oxygen atoms in total. The summed E-state index contributed by atoms with van der Waals surface area (Å²) in [6, 6.07) is 20.6. The molecule has 3 aromatic carbocycles. The van der Waals surface area contributed by atoms with Gasteiger partial charge in [-0.2, -0.15) is 5.26 Å². The Morgan fingerprint density at radius 1 is 1.19 bits per heavy atom. The maximum absolute atomic E-state index is 12.5. The van der Waals surface area contributed by atoms with E-state index >= 15 is 0 Å². The van der Waals surface area contributed by atoms with Crippen molar-refractivity contribution in [3.8, 4) is 11.8 Å². The number of benzene rings is 3. The number of nitro benzene ring substituents is 1. The molecular formula is C23H15BrIN3O4. The Balaban J connectivity index is 1.71. The van der Waals surface area contributed by atoms with Crippen LogP contribution < -0.4 is 10.1 Å². The zero-order valence-corrected chi connectivity index (χ0v) is 20.2. The van der Waals surface area contributed by atoms with Crippen LogP contribution in [0.5, 0.6) is 5.75 Å². The van der Waals surface area contributed by atoms with Gasteiger partial charge < -0.3 is 10.1 Å². The Bertz CT molecular complexity index is 1240. The summed E-state index contributed by atoms with van der Waals surface area (Å²) in [5.41, 5.74) is 1.58. The van der Waals surface area contributed by atoms with Crippen LogP contribution in [0.1, 0.15) is 11.1 Å². The van der Waals surface area contributed by atoms with Gasteiger partial charge in [-0.05, 0) is 86.1 Å². The monoisotopic (exact) mass is 603 g/mol. The molecule has 0 spiro atoms. The van der Waals surface area contributed by atoms with E-state index in [1.54, 1.807) is 18.2 Å². The summed E-state index contributed by atoms with van der Waals surface area (Å²) in [6.07, 6.45) is 1.43. The summed E-state index contributed by atoms with van der Waals surface area (Å²) >= 11 is 5.69. The smallest absolute Gasteiger partial charge is 0.271 e. The van der Waals surface area contributed by atoms with Crippen LogP contribution in [0.3, 0.4) is 0 Å². The van der Waals surface area contributed by atoms with E-state index in [0.29, 0.717) is 22.4 Å². The van der Waals surface area contributed by atoms with Gasteiger partial charge in [0.25, 0.3) is 11.6 Å². The normalized spacial score (nSPS) is 10.8. The van der Waals surface area contributed by atoms with Gasteiger partial charge in [0.2, 0.25) is 0 Å². The molecule has 0 saturated heterocycles. The van der Waals surface area contributed by atoms with Crippen molar-refractivity contribution < 1.29 is 14.5 Å². The number of anilines is 1. The molecule has 32 heavy (non-hydrogen) atoms. The highest BCUT2D eigenvalue weighted by Gasteiger charge is 2.13. The van der Waals surface area contributed by atoms with Crippen LogP contribution in [0, 0.1) is 25.0 Å². The molecule has 9 heteroatoms. The second-order valence-electron chi connectivity index (χ2n) is 6.54. The van der Waals surface area contributed by atoms with E-state index in [1.807, 2.05) is 30.3 Å². The summed E-state index contributed by atoms with van der Waals surface area (Å²) in [5, 5.41) is 22.8. The van der Waals surface area contributed by atoms with Gasteiger partial charge in [-0.3, -0.25) is 14.9 Å². The van der Waals surface area contributed by atoms with Gasteiger partial charge >= 0.3 is 0 Å². The van der Waals surface area contributed by atoms with Crippen LogP contribution in [0.15, 0.2) is 76.8 Å². The Kier molecular flexibility index (Phi) is 7.97. The Hall–Kier alpha value is -3.23. The standard InChI is InChI=1S/C23H15BrIN3O4/c24-21-11-16(6-9-22(21)32-14-15-4-7-18(25)8-5-15)10-17(13-26)23(29)27-19-2-1-3-20(12-19)28(30)31/h1-12H,14H2,(H,27,29)/b17-10+. The number of nitriles is 1. The fourth-order valence-electron chi connectivity index (χ4n) is 2.68. The zero-order chi connectivity index (χ0) is 23.1. The predicted octanol–water partition coefficient (Wildman–Crippen LogP) is 6.09. The third-order valence-corrected chi connectivity index (χ3v) is 5.59. The average Bonchev–Trinajstić information content (AvgIpc) is 2.78. The minimum absolute atomic E-state index is 0.143. The van der Waals surface area contributed by atoms with Crippen LogP contribution in [-0.2, 0) is 11.4 Å². The second kappa shape index (κ2) is 10.9. The van der Waals surface area contributed by atoms with Crippen molar-refractivity contribution in [2.45, 2.75) is 6.61 Å². The molecule has 0 aliphatic carbocycles. The Morgan fingerprint density at radius 2 is 1.94 bits per heavy atom. The fraction of sp³-hybridized carbons (Fsp3) is 0.0435. The lowest BCUT2D eigenvalue weighted by molar-refractivity contribution is -0.384. The van der Waals surface area contributed by atoms with Crippen LogP contribution in [-0.4, -0.2) is 10.8 Å². The molecule has 0 aromatic heterocycles. The number of non-ortho nitro benzene ring substituents is 1. The number of nitrogens with one attached hydrogen (secondary N) is 1. The van der Waals surface area contributed by atoms with E-state index in [2.05, 4.69) is 43.8 Å². The number of hydrogen-bond acceptors (Lipinski definition) is 5. The molecule has 0 saturated carbocycles. The molecule has 0 aliphatic heterocycles. The first-order valence-electron chi connectivity index (χ1n) is 9.20. The van der Waals surface area contributed by atoms with Gasteiger partial charge in [-0.15, -0.1) is 0 Å². The summed E-state index contributed by atoms with van der Waals surface area (Å²) in [5.74, 6) is -0.0385. The van der Waals surface area contributed by atoms with Crippen LogP contribution in [0.25, 0.3) is 6.08 Å². The van der Waals surface area contributed by atoms with Crippen molar-refractivity contribution in [1.82, 2.24) is 0 Å². The molecule has 0 heterocycles. The number of carbonyl (C=O) groups excluding carboxylic acids is 1. The molecule has 160 valence electrons. The SMILES string of the molecule is N#C/C(=C\c1ccc(OCc2ccc(I)cc2)c(Br)c1)C(=O)Nc1cccc([N+](=O)[O-])c1. The molecule has 1 amide bonds. The number of nitro groups is 1. The summed E-state index contributed by atoms with van der Waals surface area (Å²) in [6.45, 7) is 0.403. The maximum Gasteiger partial charge on any atom is 0.271 e. The summed E-state index contributed by atoms with van der Waals surface area (Å²) in [4.78, 5) is 22.8. The lowest BCUT2D eigenvalue weighted by atomic mass is 10.1. The molecule has 0 atom stereocenters. The van der Waals surface area contributed by atoms with E-state index in [-0.39, 0.29) is 16.9 Å². The average molecular weight is 604 g/mol. The third-order valence-electron chi connectivity index (χ3n) is 4.25. The van der Waals surface area contributed by atoms with E-state index in [1.165, 1.54) is 30.3 Å². The second-order valence-corrected chi connectivity index (χ2v) is 8.64. The lowest BCUT2D eigenvalue weighted by Crippen LogP contribution is -2.13. The first-order valence-corrected chi connectivity index (χ1v) is 11.1. The van der Waals surface area contributed by atoms with Crippen molar-refractivity contribution in [2.24, 2.45) is 0 Å².